The van der Waals surface area contributed by atoms with E-state index in [1.807, 2.05) is 39.0 Å². The van der Waals surface area contributed by atoms with Gasteiger partial charge in [-0.05, 0) is 63.1 Å². The molecule has 0 aliphatic carbocycles. The number of likely N-dealkylation sites (N-methyl/N-ethyl adjacent to an activating group) is 1. The number of carbonyl (C=O) groups excluding carboxylic acids is 2. The van der Waals surface area contributed by atoms with Crippen molar-refractivity contribution in [2.24, 2.45) is 0 Å². The average molecular weight is 437 g/mol. The summed E-state index contributed by atoms with van der Waals surface area (Å²) in [5.41, 5.74) is 2.81. The van der Waals surface area contributed by atoms with Crippen LogP contribution in [0.1, 0.15) is 30.5 Å². The molecule has 1 atom stereocenters. The van der Waals surface area contributed by atoms with Crippen LogP contribution in [-0.2, 0) is 16.1 Å². The third-order valence-electron chi connectivity index (χ3n) is 4.75. The van der Waals surface area contributed by atoms with Gasteiger partial charge < -0.3 is 15.0 Å². The van der Waals surface area contributed by atoms with Crippen LogP contribution in [0.25, 0.3) is 0 Å². The van der Waals surface area contributed by atoms with Crippen LogP contribution in [-0.4, -0.2) is 35.9 Å². The molecule has 0 bridgehead atoms. The molecular formula is C22H26Cl2N2O3. The minimum absolute atomic E-state index is 0.103. The number of rotatable bonds is 8. The molecular weight excluding hydrogens is 411 g/mol. The predicted molar refractivity (Wildman–Crippen MR) is 117 cm³/mol. The van der Waals surface area contributed by atoms with Crippen LogP contribution < -0.4 is 10.1 Å². The molecule has 5 nitrogen and oxygen atoms in total. The predicted octanol–water partition coefficient (Wildman–Crippen LogP) is 4.54. The highest BCUT2D eigenvalue weighted by molar-refractivity contribution is 6.36. The van der Waals surface area contributed by atoms with Crippen LogP contribution in [0.2, 0.25) is 10.0 Å². The molecule has 0 aliphatic heterocycles. The van der Waals surface area contributed by atoms with E-state index in [4.69, 9.17) is 27.9 Å². The molecule has 1 N–H and O–H groups in total. The van der Waals surface area contributed by atoms with Crippen LogP contribution in [0.3, 0.4) is 0 Å². The number of nitrogens with one attached hydrogen (secondary N) is 1. The van der Waals surface area contributed by atoms with Crippen LogP contribution in [0.4, 0.5) is 0 Å². The molecule has 0 spiro atoms. The first-order chi connectivity index (χ1) is 13.7. The van der Waals surface area contributed by atoms with Crippen molar-refractivity contribution in [2.75, 3.05) is 13.2 Å². The Morgan fingerprint density at radius 2 is 1.76 bits per heavy atom. The molecule has 29 heavy (non-hydrogen) atoms. The lowest BCUT2D eigenvalue weighted by molar-refractivity contribution is -0.142. The lowest BCUT2D eigenvalue weighted by atomic mass is 10.1. The van der Waals surface area contributed by atoms with Crippen molar-refractivity contribution in [3.8, 4) is 5.75 Å². The van der Waals surface area contributed by atoms with E-state index in [0.717, 1.165) is 11.1 Å². The first-order valence-electron chi connectivity index (χ1n) is 9.44. The number of ether oxygens (including phenoxy) is 1. The van der Waals surface area contributed by atoms with Gasteiger partial charge in [-0.1, -0.05) is 35.3 Å². The van der Waals surface area contributed by atoms with Gasteiger partial charge in [0.2, 0.25) is 5.91 Å². The molecule has 2 aromatic carbocycles. The summed E-state index contributed by atoms with van der Waals surface area (Å²) in [5, 5.41) is 3.62. The van der Waals surface area contributed by atoms with Crippen molar-refractivity contribution in [1.82, 2.24) is 10.2 Å². The first kappa shape index (κ1) is 23.0. The second-order valence-electron chi connectivity index (χ2n) is 6.83. The summed E-state index contributed by atoms with van der Waals surface area (Å²) in [4.78, 5) is 26.8. The lowest BCUT2D eigenvalue weighted by Crippen LogP contribution is -2.49. The Labute approximate surface area is 181 Å². The van der Waals surface area contributed by atoms with Crippen molar-refractivity contribution in [2.45, 2.75) is 40.3 Å². The van der Waals surface area contributed by atoms with Gasteiger partial charge >= 0.3 is 0 Å². The quantitative estimate of drug-likeness (QED) is 0.660. The average Bonchev–Trinajstić information content (AvgIpc) is 2.68. The molecule has 0 fully saturated rings. The van der Waals surface area contributed by atoms with E-state index in [0.29, 0.717) is 27.9 Å². The maximum atomic E-state index is 13.0. The number of benzene rings is 2. The van der Waals surface area contributed by atoms with E-state index in [-0.39, 0.29) is 25.0 Å². The van der Waals surface area contributed by atoms with E-state index in [9.17, 15) is 9.59 Å². The van der Waals surface area contributed by atoms with E-state index >= 15 is 0 Å². The number of nitrogens with zero attached hydrogens (tertiary/aromatic N) is 1. The van der Waals surface area contributed by atoms with Crippen LogP contribution in [0.5, 0.6) is 5.75 Å². The highest BCUT2D eigenvalue weighted by Gasteiger charge is 2.27. The van der Waals surface area contributed by atoms with Gasteiger partial charge in [-0.25, -0.2) is 0 Å². The van der Waals surface area contributed by atoms with Gasteiger partial charge in [-0.15, -0.1) is 0 Å². The second kappa shape index (κ2) is 10.5. The molecule has 0 heterocycles. The summed E-state index contributed by atoms with van der Waals surface area (Å²) in [6.45, 7) is 7.85. The zero-order valence-electron chi connectivity index (χ0n) is 17.1. The summed E-state index contributed by atoms with van der Waals surface area (Å²) < 4.78 is 5.68. The van der Waals surface area contributed by atoms with E-state index in [1.54, 1.807) is 25.1 Å². The number of halogens is 2. The zero-order valence-corrected chi connectivity index (χ0v) is 18.6. The monoisotopic (exact) mass is 436 g/mol. The van der Waals surface area contributed by atoms with Gasteiger partial charge in [0, 0.05) is 28.7 Å². The summed E-state index contributed by atoms with van der Waals surface area (Å²) >= 11 is 12.5. The Morgan fingerprint density at radius 1 is 1.10 bits per heavy atom. The zero-order chi connectivity index (χ0) is 21.6. The van der Waals surface area contributed by atoms with E-state index in [2.05, 4.69) is 5.32 Å². The Hall–Kier alpha value is -2.24. The summed E-state index contributed by atoms with van der Waals surface area (Å²) in [6.07, 6.45) is 0. The third kappa shape index (κ3) is 6.12. The van der Waals surface area contributed by atoms with Crippen molar-refractivity contribution in [1.29, 1.82) is 0 Å². The topological polar surface area (TPSA) is 58.6 Å². The van der Waals surface area contributed by atoms with Gasteiger partial charge in [-0.2, -0.15) is 0 Å². The Kier molecular flexibility index (Phi) is 8.35. The third-order valence-corrected chi connectivity index (χ3v) is 5.46. The second-order valence-corrected chi connectivity index (χ2v) is 7.64. The normalized spacial score (nSPS) is 11.7. The van der Waals surface area contributed by atoms with E-state index in [1.165, 1.54) is 4.90 Å². The number of hydrogen-bond donors (Lipinski definition) is 1. The SMILES string of the molecule is CCNC(=O)[C@@H](C)N(Cc1c(Cl)cccc1Cl)C(=O)COc1ccc(C)c(C)c1. The molecule has 0 radical (unpaired) electrons. The largest absolute Gasteiger partial charge is 0.484 e. The number of aryl methyl sites for hydroxylation is 2. The molecule has 0 aliphatic rings. The van der Waals surface area contributed by atoms with Crippen molar-refractivity contribution in [3.63, 3.8) is 0 Å². The highest BCUT2D eigenvalue weighted by Crippen LogP contribution is 2.26. The maximum absolute atomic E-state index is 13.0. The minimum atomic E-state index is -0.710. The summed E-state index contributed by atoms with van der Waals surface area (Å²) in [5.74, 6) is 0.0102. The van der Waals surface area contributed by atoms with Crippen LogP contribution >= 0.6 is 23.2 Å². The minimum Gasteiger partial charge on any atom is -0.484 e. The molecule has 0 saturated carbocycles. The lowest BCUT2D eigenvalue weighted by Gasteiger charge is -2.29. The van der Waals surface area contributed by atoms with Gasteiger partial charge in [0.25, 0.3) is 5.91 Å². The van der Waals surface area contributed by atoms with Crippen molar-refractivity contribution < 1.29 is 14.3 Å². The van der Waals surface area contributed by atoms with Crippen LogP contribution in [0, 0.1) is 13.8 Å². The molecule has 7 heteroatoms. The molecule has 2 rings (SSSR count). The Balaban J connectivity index is 2.22. The van der Waals surface area contributed by atoms with Gasteiger partial charge in [-0.3, -0.25) is 9.59 Å². The van der Waals surface area contributed by atoms with Crippen molar-refractivity contribution >= 4 is 35.0 Å². The molecule has 2 aromatic rings. The number of hydrogen-bond acceptors (Lipinski definition) is 3. The van der Waals surface area contributed by atoms with Crippen LogP contribution in [0.15, 0.2) is 36.4 Å². The van der Waals surface area contributed by atoms with E-state index < -0.39 is 6.04 Å². The fourth-order valence-corrected chi connectivity index (χ4v) is 3.31. The summed E-state index contributed by atoms with van der Waals surface area (Å²) in [6, 6.07) is 10.1. The smallest absolute Gasteiger partial charge is 0.261 e. The standard InChI is InChI=1S/C22H26Cl2N2O3/c1-5-25-22(28)16(4)26(12-18-19(23)7-6-8-20(18)24)21(27)13-29-17-10-9-14(2)15(3)11-17/h6-11,16H,5,12-13H2,1-4H3,(H,25,28)/t16-/m1/s1. The fourth-order valence-electron chi connectivity index (χ4n) is 2.79. The number of carbonyl (C=O) groups is 2. The molecule has 0 aromatic heterocycles. The molecule has 0 unspecified atom stereocenters. The van der Waals surface area contributed by atoms with Gasteiger partial charge in [0.15, 0.2) is 6.61 Å². The fraction of sp³-hybridized carbons (Fsp3) is 0.364. The van der Waals surface area contributed by atoms with Gasteiger partial charge in [0.05, 0.1) is 0 Å². The van der Waals surface area contributed by atoms with Crippen molar-refractivity contribution in [3.05, 3.63) is 63.1 Å². The summed E-state index contributed by atoms with van der Waals surface area (Å²) in [7, 11) is 0. The first-order valence-corrected chi connectivity index (χ1v) is 10.2. The Bertz CT molecular complexity index is 866. The van der Waals surface area contributed by atoms with Gasteiger partial charge in [0.1, 0.15) is 11.8 Å². The molecule has 0 saturated heterocycles. The Morgan fingerprint density at radius 3 is 2.34 bits per heavy atom. The highest BCUT2D eigenvalue weighted by atomic mass is 35.5. The maximum Gasteiger partial charge on any atom is 0.261 e. The number of amides is 2. The molecule has 156 valence electrons. The molecule has 2 amide bonds.